The average Bonchev–Trinajstić information content (AvgIpc) is 2.59. The third-order valence-corrected chi connectivity index (χ3v) is 3.33. The van der Waals surface area contributed by atoms with E-state index in [4.69, 9.17) is 0 Å². The summed E-state index contributed by atoms with van der Waals surface area (Å²) in [5.74, 6) is 0. The van der Waals surface area contributed by atoms with Crippen molar-refractivity contribution in [2.24, 2.45) is 0 Å². The molecule has 0 bridgehead atoms. The number of nitrogens with zero attached hydrogens (tertiary/aromatic N) is 1. The number of sulfonamides is 1. The van der Waals surface area contributed by atoms with Crippen LogP contribution in [0.3, 0.4) is 0 Å². The van der Waals surface area contributed by atoms with Crippen LogP contribution < -0.4 is 4.72 Å². The minimum absolute atomic E-state index is 0.343. The van der Waals surface area contributed by atoms with Crippen LogP contribution in [0.1, 0.15) is 0 Å². The van der Waals surface area contributed by atoms with Gasteiger partial charge in [0.05, 0.1) is 22.3 Å². The van der Waals surface area contributed by atoms with Crippen LogP contribution in [0.25, 0.3) is 11.0 Å². The van der Waals surface area contributed by atoms with Crippen LogP contribution in [-0.2, 0) is 10.0 Å². The van der Waals surface area contributed by atoms with E-state index < -0.39 is 21.2 Å². The second-order valence-electron chi connectivity index (χ2n) is 3.18. The van der Waals surface area contributed by atoms with E-state index in [-0.39, 0.29) is 0 Å². The smallest absolute Gasteiger partial charge is 0.345 e. The maximum absolute atomic E-state index is 12.0. The third kappa shape index (κ3) is 2.56. The van der Waals surface area contributed by atoms with Gasteiger partial charge in [-0.25, -0.2) is 13.4 Å². The molecular weight excluding hydrogens is 259 g/mol. The van der Waals surface area contributed by atoms with Crippen molar-refractivity contribution in [3.63, 3.8) is 0 Å². The number of aromatic nitrogens is 2. The molecule has 0 amide bonds. The van der Waals surface area contributed by atoms with Crippen LogP contribution in [0, 0.1) is 0 Å². The van der Waals surface area contributed by atoms with Gasteiger partial charge < -0.3 is 4.98 Å². The summed E-state index contributed by atoms with van der Waals surface area (Å²) >= 11 is 0. The molecule has 92 valence electrons. The maximum Gasteiger partial charge on any atom is 0.470 e. The summed E-state index contributed by atoms with van der Waals surface area (Å²) in [5.41, 5.74) is 0.811. The molecule has 0 unspecified atom stereocenters. The normalized spacial score (nSPS) is 13.1. The number of alkyl halides is 3. The van der Waals surface area contributed by atoms with E-state index in [1.165, 1.54) is 12.4 Å². The highest BCUT2D eigenvalue weighted by Gasteiger charge is 2.34. The zero-order valence-electron chi connectivity index (χ0n) is 8.12. The van der Waals surface area contributed by atoms with Gasteiger partial charge in [-0.2, -0.15) is 13.2 Å². The van der Waals surface area contributed by atoms with Crippen molar-refractivity contribution >= 4 is 21.1 Å². The van der Waals surface area contributed by atoms with Gasteiger partial charge in [-0.1, -0.05) is 0 Å². The Kier molecular flexibility index (Phi) is 2.59. The van der Waals surface area contributed by atoms with Gasteiger partial charge >= 0.3 is 6.30 Å². The van der Waals surface area contributed by atoms with Crippen LogP contribution in [-0.4, -0.2) is 24.7 Å². The molecule has 0 radical (unpaired) electrons. The van der Waals surface area contributed by atoms with Gasteiger partial charge in [0, 0.05) is 0 Å². The monoisotopic (exact) mass is 265 g/mol. The molecule has 9 heteroatoms. The van der Waals surface area contributed by atoms with Crippen LogP contribution in [0.4, 0.5) is 13.2 Å². The molecule has 2 N–H and O–H groups in total. The third-order valence-electron chi connectivity index (χ3n) is 1.95. The number of halogens is 3. The van der Waals surface area contributed by atoms with Crippen LogP contribution in [0.15, 0.2) is 29.4 Å². The second-order valence-corrected chi connectivity index (χ2v) is 4.87. The summed E-state index contributed by atoms with van der Waals surface area (Å²) in [6.07, 6.45) is -3.68. The summed E-state index contributed by atoms with van der Waals surface area (Å²) in [4.78, 5) is 5.95. The van der Waals surface area contributed by atoms with Gasteiger partial charge in [-0.15, -0.1) is 4.72 Å². The summed E-state index contributed by atoms with van der Waals surface area (Å²) < 4.78 is 59.2. The molecule has 0 atom stereocenters. The Morgan fingerprint density at radius 3 is 2.65 bits per heavy atom. The number of nitrogens with one attached hydrogen (secondary N) is 2. The highest BCUT2D eigenvalue weighted by molar-refractivity contribution is 7.89. The van der Waals surface area contributed by atoms with Gasteiger partial charge in [-0.3, -0.25) is 0 Å². The first-order valence-electron chi connectivity index (χ1n) is 4.32. The first-order chi connectivity index (χ1) is 7.78. The minimum Gasteiger partial charge on any atom is -0.345 e. The molecule has 0 aliphatic heterocycles. The van der Waals surface area contributed by atoms with Gasteiger partial charge in [0.2, 0.25) is 10.0 Å². The van der Waals surface area contributed by atoms with Crippen molar-refractivity contribution in [1.29, 1.82) is 0 Å². The molecule has 0 spiro atoms. The molecule has 2 rings (SSSR count). The van der Waals surface area contributed by atoms with E-state index in [1.54, 1.807) is 0 Å². The van der Waals surface area contributed by atoms with Crippen molar-refractivity contribution in [2.45, 2.75) is 11.2 Å². The Labute approximate surface area is 93.7 Å². The average molecular weight is 265 g/mol. The molecule has 0 fully saturated rings. The van der Waals surface area contributed by atoms with Crippen LogP contribution in [0.5, 0.6) is 0 Å². The topological polar surface area (TPSA) is 74.8 Å². The number of benzene rings is 1. The number of fused-ring (bicyclic) bond motifs is 1. The predicted octanol–water partition coefficient (Wildman–Crippen LogP) is 1.36. The quantitative estimate of drug-likeness (QED) is 0.805. The molecule has 1 aromatic heterocycles. The number of hydrogen-bond acceptors (Lipinski definition) is 3. The Morgan fingerprint density at radius 1 is 1.29 bits per heavy atom. The van der Waals surface area contributed by atoms with E-state index >= 15 is 0 Å². The highest BCUT2D eigenvalue weighted by Crippen LogP contribution is 2.19. The van der Waals surface area contributed by atoms with Crippen LogP contribution in [0.2, 0.25) is 0 Å². The Hall–Kier alpha value is -1.61. The van der Waals surface area contributed by atoms with Crippen molar-refractivity contribution < 1.29 is 21.6 Å². The highest BCUT2D eigenvalue weighted by atomic mass is 32.2. The molecule has 17 heavy (non-hydrogen) atoms. The largest absolute Gasteiger partial charge is 0.470 e. The second kappa shape index (κ2) is 3.70. The number of imidazole rings is 1. The van der Waals surface area contributed by atoms with E-state index in [0.717, 1.165) is 12.1 Å². The van der Waals surface area contributed by atoms with Gasteiger partial charge in [-0.05, 0) is 18.2 Å². The fourth-order valence-corrected chi connectivity index (χ4v) is 2.24. The van der Waals surface area contributed by atoms with Gasteiger partial charge in [0.15, 0.2) is 0 Å². The standard InChI is InChI=1S/C8H6F3N3O2S/c9-8(10,11)14-17(15,16)5-1-2-6-7(3-5)13-4-12-6/h1-4,14H,(H,12,13). The Morgan fingerprint density at radius 2 is 2.00 bits per heavy atom. The first kappa shape index (κ1) is 11.9. The van der Waals surface area contributed by atoms with Crippen molar-refractivity contribution in [3.8, 4) is 0 Å². The molecule has 1 heterocycles. The lowest BCUT2D eigenvalue weighted by atomic mass is 10.3. The predicted molar refractivity (Wildman–Crippen MR) is 52.5 cm³/mol. The molecule has 5 nitrogen and oxygen atoms in total. The number of rotatable bonds is 2. The zero-order chi connectivity index (χ0) is 12.7. The number of aromatic amines is 1. The summed E-state index contributed by atoms with van der Waals surface area (Å²) in [5, 5.41) is 0. The molecule has 0 aliphatic rings. The van der Waals surface area contributed by atoms with E-state index in [0.29, 0.717) is 15.8 Å². The fourth-order valence-electron chi connectivity index (χ4n) is 1.29. The van der Waals surface area contributed by atoms with E-state index in [1.807, 2.05) is 0 Å². The van der Waals surface area contributed by atoms with Crippen LogP contribution >= 0.6 is 0 Å². The lowest BCUT2D eigenvalue weighted by Crippen LogP contribution is -2.37. The zero-order valence-corrected chi connectivity index (χ0v) is 8.93. The van der Waals surface area contributed by atoms with E-state index in [9.17, 15) is 21.6 Å². The minimum atomic E-state index is -5.00. The van der Waals surface area contributed by atoms with E-state index in [2.05, 4.69) is 9.97 Å². The molecule has 0 aliphatic carbocycles. The SMILES string of the molecule is O=S(=O)(NC(F)(F)F)c1ccc2nc[nH]c2c1. The number of H-pyrrole nitrogens is 1. The van der Waals surface area contributed by atoms with Gasteiger partial charge in [0.25, 0.3) is 0 Å². The molecule has 0 saturated carbocycles. The maximum atomic E-state index is 12.0. The molecule has 0 saturated heterocycles. The Balaban J connectivity index is 2.45. The van der Waals surface area contributed by atoms with Gasteiger partial charge in [0.1, 0.15) is 0 Å². The molecular formula is C8H6F3N3O2S. The van der Waals surface area contributed by atoms with Crippen molar-refractivity contribution in [1.82, 2.24) is 14.7 Å². The molecule has 2 aromatic rings. The van der Waals surface area contributed by atoms with Crippen molar-refractivity contribution in [2.75, 3.05) is 0 Å². The number of hydrogen-bond donors (Lipinski definition) is 2. The lowest BCUT2D eigenvalue weighted by Gasteiger charge is -2.09. The lowest BCUT2D eigenvalue weighted by molar-refractivity contribution is -0.138. The van der Waals surface area contributed by atoms with Crippen molar-refractivity contribution in [3.05, 3.63) is 24.5 Å². The first-order valence-corrected chi connectivity index (χ1v) is 5.80. The molecule has 1 aromatic carbocycles. The fraction of sp³-hybridized carbons (Fsp3) is 0.125. The summed E-state index contributed by atoms with van der Waals surface area (Å²) in [6.45, 7) is 0. The summed E-state index contributed by atoms with van der Waals surface area (Å²) in [7, 11) is -4.61. The Bertz CT molecular complexity index is 647. The summed E-state index contributed by atoms with van der Waals surface area (Å²) in [6, 6.07) is 3.45.